The molecule has 0 aliphatic heterocycles. The summed E-state index contributed by atoms with van der Waals surface area (Å²) in [6.45, 7) is 10.8. The number of hydrogen-bond donors (Lipinski definition) is 1. The lowest BCUT2D eigenvalue weighted by molar-refractivity contribution is 0.349. The SMILES string of the molecule is C/C=C\C=C(/C)COc1ccc(O)c(C(C)(C)C)c1. The van der Waals surface area contributed by atoms with Crippen LogP contribution in [0.4, 0.5) is 0 Å². The van der Waals surface area contributed by atoms with Gasteiger partial charge in [0.2, 0.25) is 0 Å². The molecule has 0 saturated carbocycles. The van der Waals surface area contributed by atoms with Gasteiger partial charge in [0.05, 0.1) is 0 Å². The van der Waals surface area contributed by atoms with Crippen molar-refractivity contribution in [2.75, 3.05) is 6.61 Å². The Morgan fingerprint density at radius 2 is 2.00 bits per heavy atom. The fraction of sp³-hybridized carbons (Fsp3) is 0.412. The van der Waals surface area contributed by atoms with Crippen LogP contribution in [0.5, 0.6) is 11.5 Å². The molecule has 0 aliphatic rings. The molecule has 1 aromatic rings. The topological polar surface area (TPSA) is 29.5 Å². The highest BCUT2D eigenvalue weighted by Gasteiger charge is 2.18. The van der Waals surface area contributed by atoms with E-state index >= 15 is 0 Å². The molecule has 0 saturated heterocycles. The molecule has 0 fully saturated rings. The van der Waals surface area contributed by atoms with Crippen LogP contribution >= 0.6 is 0 Å². The third-order valence-corrected chi connectivity index (χ3v) is 2.82. The number of aromatic hydroxyl groups is 1. The minimum Gasteiger partial charge on any atom is -0.508 e. The van der Waals surface area contributed by atoms with Crippen molar-refractivity contribution >= 4 is 0 Å². The standard InChI is InChI=1S/C17H24O2/c1-6-7-8-13(2)12-19-14-9-10-16(18)15(11-14)17(3,4)5/h6-11,18H,12H2,1-5H3/b7-6-,13-8+. The van der Waals surface area contributed by atoms with Crippen LogP contribution in [0.2, 0.25) is 0 Å². The molecule has 0 heterocycles. The predicted molar refractivity (Wildman–Crippen MR) is 80.9 cm³/mol. The van der Waals surface area contributed by atoms with Crippen LogP contribution in [0.1, 0.15) is 40.2 Å². The molecule has 2 heteroatoms. The third kappa shape index (κ3) is 4.82. The zero-order valence-electron chi connectivity index (χ0n) is 12.5. The van der Waals surface area contributed by atoms with E-state index in [4.69, 9.17) is 4.74 Å². The van der Waals surface area contributed by atoms with E-state index in [0.29, 0.717) is 12.4 Å². The largest absolute Gasteiger partial charge is 0.508 e. The van der Waals surface area contributed by atoms with E-state index in [1.807, 2.05) is 38.1 Å². The summed E-state index contributed by atoms with van der Waals surface area (Å²) in [5.41, 5.74) is 1.96. The van der Waals surface area contributed by atoms with Gasteiger partial charge in [0.15, 0.2) is 0 Å². The molecule has 0 radical (unpaired) electrons. The number of phenolic OH excluding ortho intramolecular Hbond substituents is 1. The molecule has 1 N–H and O–H groups in total. The van der Waals surface area contributed by atoms with Gasteiger partial charge in [-0.3, -0.25) is 0 Å². The lowest BCUT2D eigenvalue weighted by atomic mass is 9.86. The smallest absolute Gasteiger partial charge is 0.120 e. The first-order valence-corrected chi connectivity index (χ1v) is 6.59. The minimum absolute atomic E-state index is 0.0979. The first-order chi connectivity index (χ1) is 8.84. The van der Waals surface area contributed by atoms with Gasteiger partial charge in [0.1, 0.15) is 18.1 Å². The van der Waals surface area contributed by atoms with E-state index < -0.39 is 0 Å². The van der Waals surface area contributed by atoms with Crippen LogP contribution in [0, 0.1) is 0 Å². The van der Waals surface area contributed by atoms with Gasteiger partial charge in [-0.2, -0.15) is 0 Å². The summed E-state index contributed by atoms with van der Waals surface area (Å²) in [4.78, 5) is 0. The Kier molecular flexibility index (Phi) is 5.22. The molecule has 0 aliphatic carbocycles. The van der Waals surface area contributed by atoms with E-state index in [0.717, 1.165) is 16.9 Å². The molecule has 0 amide bonds. The van der Waals surface area contributed by atoms with Gasteiger partial charge >= 0.3 is 0 Å². The third-order valence-electron chi connectivity index (χ3n) is 2.82. The van der Waals surface area contributed by atoms with Crippen LogP contribution in [0.15, 0.2) is 42.0 Å². The average molecular weight is 260 g/mol. The monoisotopic (exact) mass is 260 g/mol. The van der Waals surface area contributed by atoms with Crippen molar-refractivity contribution in [2.45, 2.75) is 40.0 Å². The Morgan fingerprint density at radius 3 is 2.58 bits per heavy atom. The second kappa shape index (κ2) is 6.46. The molecule has 1 rings (SSSR count). The van der Waals surface area contributed by atoms with Crippen LogP contribution in [0.25, 0.3) is 0 Å². The van der Waals surface area contributed by atoms with Crippen LogP contribution in [-0.4, -0.2) is 11.7 Å². The van der Waals surface area contributed by atoms with E-state index in [1.165, 1.54) is 0 Å². The van der Waals surface area contributed by atoms with Gasteiger partial charge in [-0.25, -0.2) is 0 Å². The molecular weight excluding hydrogens is 236 g/mol. The van der Waals surface area contributed by atoms with E-state index in [2.05, 4.69) is 20.8 Å². The van der Waals surface area contributed by atoms with Crippen LogP contribution in [-0.2, 0) is 5.41 Å². The normalized spacial score (nSPS) is 13.0. The van der Waals surface area contributed by atoms with Crippen molar-refractivity contribution < 1.29 is 9.84 Å². The number of phenols is 1. The van der Waals surface area contributed by atoms with Gasteiger partial charge in [0.25, 0.3) is 0 Å². The Hall–Kier alpha value is -1.70. The van der Waals surface area contributed by atoms with Gasteiger partial charge in [-0.15, -0.1) is 0 Å². The number of ether oxygens (including phenoxy) is 1. The highest BCUT2D eigenvalue weighted by molar-refractivity contribution is 5.43. The fourth-order valence-corrected chi connectivity index (χ4v) is 1.71. The summed E-state index contributed by atoms with van der Waals surface area (Å²) in [6, 6.07) is 5.41. The molecule has 0 atom stereocenters. The van der Waals surface area contributed by atoms with Crippen molar-refractivity contribution in [3.05, 3.63) is 47.6 Å². The van der Waals surface area contributed by atoms with E-state index in [9.17, 15) is 5.11 Å². The second-order valence-electron chi connectivity index (χ2n) is 5.76. The number of benzene rings is 1. The molecule has 2 nitrogen and oxygen atoms in total. The zero-order valence-corrected chi connectivity index (χ0v) is 12.5. The maximum absolute atomic E-state index is 9.89. The number of allylic oxidation sites excluding steroid dienone is 3. The average Bonchev–Trinajstić information content (AvgIpc) is 2.34. The molecular formula is C17H24O2. The van der Waals surface area contributed by atoms with Crippen molar-refractivity contribution in [1.29, 1.82) is 0 Å². The van der Waals surface area contributed by atoms with Gasteiger partial charge in [-0.1, -0.05) is 39.0 Å². The Labute approximate surface area is 116 Å². The highest BCUT2D eigenvalue weighted by atomic mass is 16.5. The molecule has 0 aromatic heterocycles. The molecule has 0 unspecified atom stereocenters. The molecule has 0 spiro atoms. The number of hydrogen-bond acceptors (Lipinski definition) is 2. The molecule has 1 aromatic carbocycles. The Balaban J connectivity index is 2.81. The molecule has 0 bridgehead atoms. The lowest BCUT2D eigenvalue weighted by Gasteiger charge is -2.21. The van der Waals surface area contributed by atoms with Crippen molar-refractivity contribution in [1.82, 2.24) is 0 Å². The number of rotatable bonds is 4. The van der Waals surface area contributed by atoms with Crippen molar-refractivity contribution in [3.63, 3.8) is 0 Å². The van der Waals surface area contributed by atoms with Crippen molar-refractivity contribution in [3.8, 4) is 11.5 Å². The van der Waals surface area contributed by atoms with E-state index in [-0.39, 0.29) is 5.41 Å². The summed E-state index contributed by atoms with van der Waals surface area (Å²) in [7, 11) is 0. The van der Waals surface area contributed by atoms with Gasteiger partial charge in [0, 0.05) is 5.56 Å². The Morgan fingerprint density at radius 1 is 1.32 bits per heavy atom. The Bertz CT molecular complexity index is 477. The first kappa shape index (κ1) is 15.4. The maximum Gasteiger partial charge on any atom is 0.120 e. The summed E-state index contributed by atoms with van der Waals surface area (Å²) in [6.07, 6.45) is 6.02. The fourth-order valence-electron chi connectivity index (χ4n) is 1.71. The maximum atomic E-state index is 9.89. The lowest BCUT2D eigenvalue weighted by Crippen LogP contribution is -2.11. The summed E-state index contributed by atoms with van der Waals surface area (Å²) < 4.78 is 5.74. The zero-order chi connectivity index (χ0) is 14.5. The summed E-state index contributed by atoms with van der Waals surface area (Å²) >= 11 is 0. The molecule has 104 valence electrons. The summed E-state index contributed by atoms with van der Waals surface area (Å²) in [5.74, 6) is 1.11. The second-order valence-corrected chi connectivity index (χ2v) is 5.76. The first-order valence-electron chi connectivity index (χ1n) is 6.59. The van der Waals surface area contributed by atoms with Crippen LogP contribution < -0.4 is 4.74 Å². The summed E-state index contributed by atoms with van der Waals surface area (Å²) in [5, 5.41) is 9.89. The van der Waals surface area contributed by atoms with Crippen molar-refractivity contribution in [2.24, 2.45) is 0 Å². The highest BCUT2D eigenvalue weighted by Crippen LogP contribution is 2.33. The van der Waals surface area contributed by atoms with Gasteiger partial charge < -0.3 is 9.84 Å². The van der Waals surface area contributed by atoms with Gasteiger partial charge in [-0.05, 0) is 43.0 Å². The quantitative estimate of drug-likeness (QED) is 0.802. The van der Waals surface area contributed by atoms with E-state index in [1.54, 1.807) is 12.1 Å². The van der Waals surface area contributed by atoms with Crippen LogP contribution in [0.3, 0.4) is 0 Å². The molecule has 19 heavy (non-hydrogen) atoms. The predicted octanol–water partition coefficient (Wildman–Crippen LogP) is 4.59. The minimum atomic E-state index is -0.0979.